The van der Waals surface area contributed by atoms with Gasteiger partial charge in [-0.1, -0.05) is 59.8 Å². The zero-order valence-corrected chi connectivity index (χ0v) is 32.8. The second-order valence-corrected chi connectivity index (χ2v) is 16.7. The summed E-state index contributed by atoms with van der Waals surface area (Å²) in [6.07, 6.45) is 13.6. The Labute approximate surface area is 285 Å². The molecule has 5 rings (SSSR count). The van der Waals surface area contributed by atoms with E-state index in [4.69, 9.17) is 29.8 Å². The minimum absolute atomic E-state index is 0. The summed E-state index contributed by atoms with van der Waals surface area (Å²) in [5, 5.41) is 5.17. The minimum atomic E-state index is -0.368. The van der Waals surface area contributed by atoms with E-state index in [0.717, 1.165) is 64.9 Å². The maximum absolute atomic E-state index is 6.36. The van der Waals surface area contributed by atoms with E-state index in [-0.39, 0.29) is 64.7 Å². The first kappa shape index (κ1) is 36.8. The second kappa shape index (κ2) is 12.2. The molecule has 0 spiro atoms. The molecule has 0 aromatic carbocycles. The SMILES string of the molecule is CC(C)(C)OCC1(C)C=C2\C=C3CC(C)(C)C(=N\3)/C=C3/CC(C)(COC(C)(C)C)C(=N3)/C=C3/CC(C)(C)C(=N3)C=C1[N-]2.[Cl-].[Zn+2]. The zero-order valence-electron chi connectivity index (χ0n) is 29.1. The Morgan fingerprint density at radius 1 is 0.659 bits per heavy atom. The van der Waals surface area contributed by atoms with E-state index in [9.17, 15) is 0 Å². The van der Waals surface area contributed by atoms with Gasteiger partial charge in [0, 0.05) is 69.4 Å². The molecule has 0 aromatic rings. The molecule has 5 aliphatic rings. The van der Waals surface area contributed by atoms with Crippen LogP contribution in [-0.2, 0) is 29.0 Å². The van der Waals surface area contributed by atoms with Crippen molar-refractivity contribution in [2.24, 2.45) is 36.6 Å². The zero-order chi connectivity index (χ0) is 30.9. The standard InChI is InChI=1S/C36H51N4O2.ClH.Zn/c1-31(2,3)41-21-35(11)20-26-14-27-33(7,8)17-23(37-27)13-24-19-36(12,22-42-32(4,5)6)30(39-24)16-28-34(9,10)18-25(38-28)15-29(35)40-26;;/h13-16,19H,17-18,20-22H2,1-12H3;1H;/q-1;;+2/p-1/b23-13-,25-15-,26-14-,30-16?;;. The van der Waals surface area contributed by atoms with Gasteiger partial charge in [0.05, 0.1) is 30.1 Å². The van der Waals surface area contributed by atoms with Gasteiger partial charge in [-0.3, -0.25) is 15.0 Å². The monoisotopic (exact) mass is 670 g/mol. The van der Waals surface area contributed by atoms with E-state index in [0.29, 0.717) is 13.2 Å². The molecule has 0 saturated carbocycles. The quantitative estimate of drug-likeness (QED) is 0.342. The summed E-state index contributed by atoms with van der Waals surface area (Å²) < 4.78 is 12.7. The minimum Gasteiger partial charge on any atom is -1.00 e. The Morgan fingerprint density at radius 3 is 1.68 bits per heavy atom. The van der Waals surface area contributed by atoms with E-state index in [1.165, 1.54) is 0 Å². The number of hydrogen-bond acceptors (Lipinski definition) is 5. The molecular formula is C36H51ClN4O2Zn. The van der Waals surface area contributed by atoms with Crippen molar-refractivity contribution in [1.29, 1.82) is 0 Å². The number of nitrogens with zero attached hydrogens (tertiary/aromatic N) is 4. The molecule has 0 N–H and O–H groups in total. The summed E-state index contributed by atoms with van der Waals surface area (Å²) in [6.45, 7) is 27.4. The first-order chi connectivity index (χ1) is 19.1. The van der Waals surface area contributed by atoms with E-state index in [1.807, 2.05) is 0 Å². The van der Waals surface area contributed by atoms with Crippen LogP contribution in [0.25, 0.3) is 5.32 Å². The van der Waals surface area contributed by atoms with Crippen LogP contribution in [0.4, 0.5) is 0 Å². The van der Waals surface area contributed by atoms with Crippen LogP contribution < -0.4 is 12.4 Å². The van der Waals surface area contributed by atoms with Crippen LogP contribution in [0, 0.1) is 21.7 Å². The molecule has 2 atom stereocenters. The van der Waals surface area contributed by atoms with Gasteiger partial charge in [0.1, 0.15) is 0 Å². The van der Waals surface area contributed by atoms with Crippen LogP contribution in [-0.4, -0.2) is 41.6 Å². The van der Waals surface area contributed by atoms with Crippen molar-refractivity contribution >= 4 is 17.1 Å². The Balaban J connectivity index is 0.00000264. The van der Waals surface area contributed by atoms with E-state index in [1.54, 1.807) is 0 Å². The van der Waals surface area contributed by atoms with Crippen molar-refractivity contribution in [2.75, 3.05) is 13.2 Å². The van der Waals surface area contributed by atoms with Gasteiger partial charge >= 0.3 is 19.5 Å². The normalized spacial score (nSPS) is 32.2. The second-order valence-electron chi connectivity index (χ2n) is 16.7. The van der Waals surface area contributed by atoms with E-state index >= 15 is 0 Å². The summed E-state index contributed by atoms with van der Waals surface area (Å²) in [5.74, 6) is 0. The molecule has 0 radical (unpaired) electrons. The van der Waals surface area contributed by atoms with E-state index < -0.39 is 0 Å². The molecule has 0 aliphatic carbocycles. The summed E-state index contributed by atoms with van der Waals surface area (Å²) in [6, 6.07) is 0. The maximum Gasteiger partial charge on any atom is 2.00 e. The van der Waals surface area contributed by atoms with Crippen molar-refractivity contribution in [3.63, 3.8) is 0 Å². The van der Waals surface area contributed by atoms with Gasteiger partial charge in [-0.15, -0.1) is 11.4 Å². The summed E-state index contributed by atoms with van der Waals surface area (Å²) in [5.41, 5.74) is 6.96. The Hall–Kier alpha value is -1.66. The molecule has 236 valence electrons. The molecule has 0 amide bonds. The molecule has 8 heteroatoms. The number of fused-ring (bicyclic) bond motifs is 5. The van der Waals surface area contributed by atoms with Gasteiger partial charge in [-0.25, -0.2) is 0 Å². The van der Waals surface area contributed by atoms with Gasteiger partial charge in [-0.05, 0) is 53.7 Å². The number of aliphatic imine (C=N–C) groups is 3. The number of halogens is 1. The third kappa shape index (κ3) is 8.00. The van der Waals surface area contributed by atoms with Crippen molar-refractivity contribution in [3.8, 4) is 0 Å². The van der Waals surface area contributed by atoms with Gasteiger partial charge < -0.3 is 27.2 Å². The predicted octanol–water partition coefficient (Wildman–Crippen LogP) is 6.04. The van der Waals surface area contributed by atoms with Crippen LogP contribution in [0.15, 0.2) is 73.8 Å². The van der Waals surface area contributed by atoms with Crippen LogP contribution in [0.5, 0.6) is 0 Å². The first-order valence-corrected chi connectivity index (χ1v) is 15.5. The molecule has 0 saturated heterocycles. The molecule has 5 aliphatic heterocycles. The predicted molar refractivity (Wildman–Crippen MR) is 175 cm³/mol. The van der Waals surface area contributed by atoms with Gasteiger partial charge in [0.25, 0.3) is 0 Å². The van der Waals surface area contributed by atoms with Crippen molar-refractivity contribution < 1.29 is 41.4 Å². The molecule has 8 bridgehead atoms. The molecule has 44 heavy (non-hydrogen) atoms. The Kier molecular flexibility index (Phi) is 10.2. The fraction of sp³-hybridized carbons (Fsp3) is 0.639. The molecule has 2 unspecified atom stereocenters. The number of hydrogen-bond donors (Lipinski definition) is 0. The third-order valence-corrected chi connectivity index (χ3v) is 8.74. The van der Waals surface area contributed by atoms with Crippen molar-refractivity contribution in [1.82, 2.24) is 0 Å². The molecular weight excluding hydrogens is 621 g/mol. The van der Waals surface area contributed by atoms with Crippen molar-refractivity contribution in [2.45, 2.75) is 114 Å². The van der Waals surface area contributed by atoms with Crippen LogP contribution in [0.2, 0.25) is 0 Å². The third-order valence-electron chi connectivity index (χ3n) is 8.74. The van der Waals surface area contributed by atoms with Crippen molar-refractivity contribution in [3.05, 3.63) is 64.2 Å². The molecule has 0 aromatic heterocycles. The largest absolute Gasteiger partial charge is 2.00 e. The maximum atomic E-state index is 6.36. The smallest absolute Gasteiger partial charge is 1.00 e. The molecule has 5 heterocycles. The molecule has 6 nitrogen and oxygen atoms in total. The summed E-state index contributed by atoms with van der Waals surface area (Å²) >= 11 is 0. The molecule has 0 fully saturated rings. The van der Waals surface area contributed by atoms with Gasteiger partial charge in [0.2, 0.25) is 0 Å². The number of ether oxygens (including phenoxy) is 2. The summed E-state index contributed by atoms with van der Waals surface area (Å²) in [7, 11) is 0. The average molecular weight is 673 g/mol. The van der Waals surface area contributed by atoms with Gasteiger partial charge in [0.15, 0.2) is 0 Å². The van der Waals surface area contributed by atoms with Gasteiger partial charge in [-0.2, -0.15) is 0 Å². The van der Waals surface area contributed by atoms with Crippen LogP contribution in [0.3, 0.4) is 0 Å². The fourth-order valence-corrected chi connectivity index (χ4v) is 6.08. The number of rotatable bonds is 4. The average Bonchev–Trinajstić information content (AvgIpc) is 3.47. The Bertz CT molecular complexity index is 1430. The topological polar surface area (TPSA) is 69.6 Å². The first-order valence-electron chi connectivity index (χ1n) is 15.5. The number of allylic oxidation sites excluding steroid dienone is 7. The van der Waals surface area contributed by atoms with Crippen LogP contribution in [0.1, 0.15) is 102 Å². The summed E-state index contributed by atoms with van der Waals surface area (Å²) in [4.78, 5) is 15.6. The van der Waals surface area contributed by atoms with Crippen LogP contribution >= 0.6 is 0 Å². The van der Waals surface area contributed by atoms with E-state index in [2.05, 4.69) is 113 Å². The fourth-order valence-electron chi connectivity index (χ4n) is 6.08. The Morgan fingerprint density at radius 2 is 1.11 bits per heavy atom.